The number of methoxy groups -OCH3 is 1. The van der Waals surface area contributed by atoms with E-state index in [-0.39, 0.29) is 5.54 Å². The molecule has 2 N–H and O–H groups in total. The van der Waals surface area contributed by atoms with E-state index in [1.807, 2.05) is 6.92 Å². The standard InChI is InChI=1S/C9H15BN2O3/c1-7-5-11-12(8(7)10(13)14)9(3-4-9)6-15-2/h5,13-14H,3-4,6H2,1-2H3. The Bertz CT molecular complexity index is 360. The van der Waals surface area contributed by atoms with E-state index in [1.165, 1.54) is 0 Å². The average Bonchev–Trinajstić information content (AvgIpc) is 2.82. The van der Waals surface area contributed by atoms with E-state index < -0.39 is 7.12 Å². The van der Waals surface area contributed by atoms with Gasteiger partial charge in [-0.1, -0.05) is 0 Å². The lowest BCUT2D eigenvalue weighted by molar-refractivity contribution is 0.138. The van der Waals surface area contributed by atoms with Crippen molar-refractivity contribution < 1.29 is 14.8 Å². The largest absolute Gasteiger partial charge is 0.508 e. The van der Waals surface area contributed by atoms with Crippen molar-refractivity contribution in [3.05, 3.63) is 11.8 Å². The summed E-state index contributed by atoms with van der Waals surface area (Å²) in [7, 11) is 0.174. The number of rotatable bonds is 4. The molecule has 1 heterocycles. The van der Waals surface area contributed by atoms with Gasteiger partial charge >= 0.3 is 7.12 Å². The van der Waals surface area contributed by atoms with Crippen molar-refractivity contribution in [3.63, 3.8) is 0 Å². The summed E-state index contributed by atoms with van der Waals surface area (Å²) in [6.45, 7) is 2.38. The van der Waals surface area contributed by atoms with Gasteiger partial charge in [-0.25, -0.2) is 0 Å². The highest BCUT2D eigenvalue weighted by Crippen LogP contribution is 2.42. The van der Waals surface area contributed by atoms with Gasteiger partial charge in [-0.05, 0) is 25.3 Å². The number of nitrogens with zero attached hydrogens (tertiary/aromatic N) is 2. The molecule has 0 aromatic carbocycles. The Hall–Kier alpha value is -0.845. The molecule has 0 bridgehead atoms. The molecule has 1 aliphatic carbocycles. The van der Waals surface area contributed by atoms with Gasteiger partial charge < -0.3 is 14.8 Å². The Balaban J connectivity index is 2.36. The second-order valence-corrected chi connectivity index (χ2v) is 4.16. The Morgan fingerprint density at radius 1 is 1.60 bits per heavy atom. The molecule has 6 heteroatoms. The topological polar surface area (TPSA) is 67.5 Å². The number of hydrogen-bond acceptors (Lipinski definition) is 4. The molecule has 5 nitrogen and oxygen atoms in total. The Morgan fingerprint density at radius 3 is 2.73 bits per heavy atom. The summed E-state index contributed by atoms with van der Waals surface area (Å²) in [4.78, 5) is 0. The monoisotopic (exact) mass is 210 g/mol. The lowest BCUT2D eigenvalue weighted by Gasteiger charge is -2.18. The average molecular weight is 210 g/mol. The highest BCUT2D eigenvalue weighted by molar-refractivity contribution is 6.58. The SMILES string of the molecule is COCC1(n2ncc(C)c2B(O)O)CC1. The molecule has 0 aliphatic heterocycles. The summed E-state index contributed by atoms with van der Waals surface area (Å²) in [5.41, 5.74) is 1.12. The van der Waals surface area contributed by atoms with E-state index in [2.05, 4.69) is 5.10 Å². The minimum atomic E-state index is -1.47. The predicted octanol–water partition coefficient (Wildman–Crippen LogP) is -0.993. The van der Waals surface area contributed by atoms with Crippen molar-refractivity contribution in [2.24, 2.45) is 0 Å². The third-order valence-corrected chi connectivity index (χ3v) is 2.93. The normalized spacial score (nSPS) is 17.9. The molecular formula is C9H15BN2O3. The van der Waals surface area contributed by atoms with Crippen LogP contribution in [0, 0.1) is 6.92 Å². The molecular weight excluding hydrogens is 195 g/mol. The van der Waals surface area contributed by atoms with Crippen molar-refractivity contribution in [2.45, 2.75) is 25.3 Å². The maximum absolute atomic E-state index is 9.29. The highest BCUT2D eigenvalue weighted by Gasteiger charge is 2.48. The van der Waals surface area contributed by atoms with Crippen molar-refractivity contribution in [1.29, 1.82) is 0 Å². The number of hydrogen-bond donors (Lipinski definition) is 2. The van der Waals surface area contributed by atoms with Gasteiger partial charge in [0.2, 0.25) is 0 Å². The van der Waals surface area contributed by atoms with Crippen LogP contribution in [-0.4, -0.2) is 40.7 Å². The molecule has 0 amide bonds. The first-order valence-corrected chi connectivity index (χ1v) is 5.01. The van der Waals surface area contributed by atoms with E-state index in [4.69, 9.17) is 4.74 Å². The van der Waals surface area contributed by atoms with Crippen LogP contribution in [0.5, 0.6) is 0 Å². The number of aryl methyl sites for hydroxylation is 1. The summed E-state index contributed by atoms with van der Waals surface area (Å²) >= 11 is 0. The van der Waals surface area contributed by atoms with Crippen LogP contribution in [0.25, 0.3) is 0 Å². The first kappa shape index (κ1) is 10.7. The van der Waals surface area contributed by atoms with Crippen molar-refractivity contribution in [3.8, 4) is 0 Å². The quantitative estimate of drug-likeness (QED) is 0.626. The van der Waals surface area contributed by atoms with Gasteiger partial charge in [-0.2, -0.15) is 5.10 Å². The van der Waals surface area contributed by atoms with E-state index >= 15 is 0 Å². The van der Waals surface area contributed by atoms with Crippen molar-refractivity contribution >= 4 is 12.7 Å². The molecule has 1 fully saturated rings. The fraction of sp³-hybridized carbons (Fsp3) is 0.667. The summed E-state index contributed by atoms with van der Waals surface area (Å²) in [5, 5.41) is 22.8. The van der Waals surface area contributed by atoms with Gasteiger partial charge in [0, 0.05) is 7.11 Å². The highest BCUT2D eigenvalue weighted by atomic mass is 16.5. The van der Waals surface area contributed by atoms with E-state index in [9.17, 15) is 10.0 Å². The van der Waals surface area contributed by atoms with Gasteiger partial charge in [0.25, 0.3) is 0 Å². The van der Waals surface area contributed by atoms with Gasteiger partial charge in [0.1, 0.15) is 0 Å². The van der Waals surface area contributed by atoms with Crippen LogP contribution in [0.3, 0.4) is 0 Å². The molecule has 1 aliphatic rings. The summed E-state index contributed by atoms with van der Waals surface area (Å²) in [6, 6.07) is 0. The van der Waals surface area contributed by atoms with Gasteiger partial charge in [-0.3, -0.25) is 4.68 Å². The molecule has 2 rings (SSSR count). The number of ether oxygens (including phenoxy) is 1. The van der Waals surface area contributed by atoms with E-state index in [0.717, 1.165) is 18.4 Å². The maximum atomic E-state index is 9.29. The smallest absolute Gasteiger partial charge is 0.422 e. The summed E-state index contributed by atoms with van der Waals surface area (Å²) in [6.07, 6.45) is 3.61. The third kappa shape index (κ3) is 1.69. The first-order valence-electron chi connectivity index (χ1n) is 5.01. The first-order chi connectivity index (χ1) is 7.10. The molecule has 15 heavy (non-hydrogen) atoms. The van der Waals surface area contributed by atoms with Crippen LogP contribution < -0.4 is 5.59 Å². The molecule has 1 saturated carbocycles. The van der Waals surface area contributed by atoms with Crippen LogP contribution in [0.15, 0.2) is 6.20 Å². The second-order valence-electron chi connectivity index (χ2n) is 4.16. The Kier molecular flexibility index (Phi) is 2.58. The fourth-order valence-electron chi connectivity index (χ4n) is 1.96. The number of aromatic nitrogens is 2. The fourth-order valence-corrected chi connectivity index (χ4v) is 1.96. The van der Waals surface area contributed by atoms with Crippen molar-refractivity contribution in [1.82, 2.24) is 9.78 Å². The van der Waals surface area contributed by atoms with E-state index in [1.54, 1.807) is 18.0 Å². The Labute approximate surface area is 88.8 Å². The molecule has 82 valence electrons. The van der Waals surface area contributed by atoms with Gasteiger partial charge in [-0.15, -0.1) is 0 Å². The third-order valence-electron chi connectivity index (χ3n) is 2.93. The molecule has 0 saturated heterocycles. The molecule has 0 spiro atoms. The van der Waals surface area contributed by atoms with Crippen LogP contribution >= 0.6 is 0 Å². The lowest BCUT2D eigenvalue weighted by atomic mass is 9.83. The molecule has 0 unspecified atom stereocenters. The molecule has 0 radical (unpaired) electrons. The zero-order valence-electron chi connectivity index (χ0n) is 8.97. The van der Waals surface area contributed by atoms with Gasteiger partial charge in [0.05, 0.1) is 23.9 Å². The van der Waals surface area contributed by atoms with Gasteiger partial charge in [0.15, 0.2) is 0 Å². The lowest BCUT2D eigenvalue weighted by Crippen LogP contribution is -2.43. The zero-order valence-corrected chi connectivity index (χ0v) is 8.97. The minimum Gasteiger partial charge on any atom is -0.422 e. The maximum Gasteiger partial charge on any atom is 0.508 e. The molecule has 1 aromatic rings. The van der Waals surface area contributed by atoms with Crippen LogP contribution in [-0.2, 0) is 10.3 Å². The zero-order chi connectivity index (χ0) is 11.1. The van der Waals surface area contributed by atoms with Crippen LogP contribution in [0.2, 0.25) is 0 Å². The summed E-state index contributed by atoms with van der Waals surface area (Å²) in [5.74, 6) is 0. The van der Waals surface area contributed by atoms with Crippen molar-refractivity contribution in [2.75, 3.05) is 13.7 Å². The molecule has 0 atom stereocenters. The van der Waals surface area contributed by atoms with Crippen LogP contribution in [0.4, 0.5) is 0 Å². The summed E-state index contributed by atoms with van der Waals surface area (Å²) < 4.78 is 6.85. The predicted molar refractivity (Wildman–Crippen MR) is 55.9 cm³/mol. The second kappa shape index (κ2) is 3.62. The van der Waals surface area contributed by atoms with E-state index in [0.29, 0.717) is 12.2 Å². The minimum absolute atomic E-state index is 0.151. The Morgan fingerprint density at radius 2 is 2.27 bits per heavy atom. The molecule has 1 aromatic heterocycles. The van der Waals surface area contributed by atoms with Crippen LogP contribution in [0.1, 0.15) is 18.4 Å².